The van der Waals surface area contributed by atoms with Gasteiger partial charge >= 0.3 is 6.09 Å². The highest BCUT2D eigenvalue weighted by Crippen LogP contribution is 2.40. The molecule has 0 N–H and O–H groups in total. The quantitative estimate of drug-likeness (QED) is 0.173. The third-order valence-electron chi connectivity index (χ3n) is 1.92. The molecule has 19 heavy (non-hydrogen) atoms. The summed E-state index contributed by atoms with van der Waals surface area (Å²) >= 11 is 20.4. The zero-order valence-corrected chi connectivity index (χ0v) is 15.8. The molecule has 0 atom stereocenters. The van der Waals surface area contributed by atoms with Gasteiger partial charge in [-0.05, 0) is 26.4 Å². The van der Waals surface area contributed by atoms with Crippen molar-refractivity contribution in [3.8, 4) is 0 Å². The number of oxime groups is 1. The maximum Gasteiger partial charge on any atom is 0.445 e. The Morgan fingerprint density at radius 1 is 1.26 bits per heavy atom. The Morgan fingerprint density at radius 2 is 1.79 bits per heavy atom. The highest BCUT2D eigenvalue weighted by atomic mass is 35.6. The molecular formula is C9H15Cl3N2O2S3. The lowest BCUT2D eigenvalue weighted by molar-refractivity contribution is 0.137. The van der Waals surface area contributed by atoms with E-state index in [1.807, 2.05) is 26.4 Å². The molecule has 0 saturated carbocycles. The van der Waals surface area contributed by atoms with E-state index in [2.05, 4.69) is 5.16 Å². The number of rotatable bonds is 4. The van der Waals surface area contributed by atoms with Crippen LogP contribution >= 0.6 is 70.3 Å². The Bertz CT molecular complexity index is 348. The lowest BCUT2D eigenvalue weighted by Gasteiger charge is -2.22. The molecule has 0 heterocycles. The molecule has 0 aliphatic heterocycles. The summed E-state index contributed by atoms with van der Waals surface area (Å²) in [6.07, 6.45) is 3.11. The number of carbonyl (C=O) groups is 1. The molecule has 0 aromatic rings. The SMILES string of the molecule is CS/C(=N\OC(=O)N(C)SC(Cl)(Cl)Cl)C(C)(C)SC. The first kappa shape index (κ1) is 19.9. The van der Waals surface area contributed by atoms with Gasteiger partial charge in [0.25, 0.3) is 3.12 Å². The van der Waals surface area contributed by atoms with Gasteiger partial charge in [0, 0.05) is 19.0 Å². The van der Waals surface area contributed by atoms with E-state index in [-0.39, 0.29) is 4.75 Å². The summed E-state index contributed by atoms with van der Waals surface area (Å²) in [5.74, 6) is 0. The molecule has 0 saturated heterocycles. The van der Waals surface area contributed by atoms with Crippen LogP contribution in [0.3, 0.4) is 0 Å². The van der Waals surface area contributed by atoms with Gasteiger partial charge in [-0.25, -0.2) is 9.10 Å². The van der Waals surface area contributed by atoms with E-state index < -0.39 is 9.22 Å². The minimum absolute atomic E-state index is 0.235. The van der Waals surface area contributed by atoms with Crippen LogP contribution < -0.4 is 0 Å². The van der Waals surface area contributed by atoms with Gasteiger partial charge < -0.3 is 0 Å². The molecular weight excluding hydrogens is 371 g/mol. The molecule has 1 amide bonds. The Labute approximate surface area is 141 Å². The summed E-state index contributed by atoms with van der Waals surface area (Å²) in [5.41, 5.74) is 0. The predicted molar refractivity (Wildman–Crippen MR) is 90.7 cm³/mol. The number of hydrogen-bond donors (Lipinski definition) is 0. The maximum atomic E-state index is 11.6. The summed E-state index contributed by atoms with van der Waals surface area (Å²) < 4.78 is -0.792. The summed E-state index contributed by atoms with van der Waals surface area (Å²) in [6.45, 7) is 3.97. The molecule has 0 spiro atoms. The molecule has 4 nitrogen and oxygen atoms in total. The maximum absolute atomic E-state index is 11.6. The smallest absolute Gasteiger partial charge is 0.296 e. The number of carbonyl (C=O) groups excluding carboxylic acids is 1. The fourth-order valence-electron chi connectivity index (χ4n) is 0.811. The lowest BCUT2D eigenvalue weighted by Crippen LogP contribution is -2.27. The van der Waals surface area contributed by atoms with E-state index in [1.54, 1.807) is 11.8 Å². The first-order valence-corrected chi connectivity index (χ1v) is 9.27. The van der Waals surface area contributed by atoms with Gasteiger partial charge in [0.15, 0.2) is 0 Å². The van der Waals surface area contributed by atoms with Gasteiger partial charge in [0.05, 0.1) is 4.75 Å². The highest BCUT2D eigenvalue weighted by Gasteiger charge is 2.28. The lowest BCUT2D eigenvalue weighted by atomic mass is 10.2. The Morgan fingerprint density at radius 3 is 2.16 bits per heavy atom. The van der Waals surface area contributed by atoms with Crippen LogP contribution in [0.1, 0.15) is 13.8 Å². The van der Waals surface area contributed by atoms with E-state index in [4.69, 9.17) is 39.6 Å². The van der Waals surface area contributed by atoms with Crippen molar-refractivity contribution in [2.45, 2.75) is 21.7 Å². The number of thioether (sulfide) groups is 2. The molecule has 10 heteroatoms. The predicted octanol–water partition coefficient (Wildman–Crippen LogP) is 4.85. The van der Waals surface area contributed by atoms with Crippen LogP contribution in [0.4, 0.5) is 4.79 Å². The second kappa shape index (κ2) is 8.34. The van der Waals surface area contributed by atoms with Crippen molar-refractivity contribution in [2.75, 3.05) is 19.6 Å². The Kier molecular flexibility index (Phi) is 8.72. The van der Waals surface area contributed by atoms with E-state index in [9.17, 15) is 4.79 Å². The van der Waals surface area contributed by atoms with Crippen molar-refractivity contribution >= 4 is 81.4 Å². The Hall–Kier alpha value is 0.860. The van der Waals surface area contributed by atoms with Crippen LogP contribution in [0.2, 0.25) is 0 Å². The fourth-order valence-corrected chi connectivity index (χ4v) is 3.48. The summed E-state index contributed by atoms with van der Waals surface area (Å²) in [4.78, 5) is 16.5. The van der Waals surface area contributed by atoms with Crippen molar-refractivity contribution in [3.63, 3.8) is 0 Å². The topological polar surface area (TPSA) is 41.9 Å². The van der Waals surface area contributed by atoms with Crippen molar-refractivity contribution in [1.82, 2.24) is 4.31 Å². The molecule has 0 aliphatic rings. The standard InChI is InChI=1S/C9H15Cl3N2O2S3/c1-8(2,18-5)6(17-4)13-16-7(15)14(3)19-9(10,11)12/h1-5H3/b13-6-. The second-order valence-corrected chi connectivity index (χ2v) is 10.2. The van der Waals surface area contributed by atoms with Crippen LogP contribution in [-0.2, 0) is 4.84 Å². The first-order chi connectivity index (χ1) is 8.53. The van der Waals surface area contributed by atoms with Crippen LogP contribution in [0.15, 0.2) is 5.16 Å². The summed E-state index contributed by atoms with van der Waals surface area (Å²) in [7, 11) is 1.43. The molecule has 0 aliphatic carbocycles. The molecule has 0 rings (SSSR count). The van der Waals surface area contributed by atoms with Crippen molar-refractivity contribution in [2.24, 2.45) is 5.16 Å². The van der Waals surface area contributed by atoms with Crippen LogP contribution in [0.25, 0.3) is 0 Å². The van der Waals surface area contributed by atoms with Gasteiger partial charge in [-0.2, -0.15) is 11.8 Å². The van der Waals surface area contributed by atoms with E-state index in [1.165, 1.54) is 18.8 Å². The molecule has 0 aromatic carbocycles. The van der Waals surface area contributed by atoms with Gasteiger partial charge in [0.1, 0.15) is 5.04 Å². The monoisotopic (exact) mass is 384 g/mol. The number of halogens is 3. The largest absolute Gasteiger partial charge is 0.445 e. The van der Waals surface area contributed by atoms with Crippen LogP contribution in [0.5, 0.6) is 0 Å². The molecule has 0 unspecified atom stereocenters. The average Bonchev–Trinajstić information content (AvgIpc) is 2.26. The van der Waals surface area contributed by atoms with E-state index in [0.29, 0.717) is 17.0 Å². The minimum atomic E-state index is -1.63. The van der Waals surface area contributed by atoms with E-state index >= 15 is 0 Å². The molecule has 0 bridgehead atoms. The summed E-state index contributed by atoms with van der Waals surface area (Å²) in [5, 5.41) is 4.56. The molecule has 0 fully saturated rings. The van der Waals surface area contributed by atoms with Gasteiger partial charge in [0.2, 0.25) is 0 Å². The number of nitrogens with zero attached hydrogens (tertiary/aromatic N) is 2. The summed E-state index contributed by atoms with van der Waals surface area (Å²) in [6, 6.07) is 0. The Balaban J connectivity index is 4.64. The van der Waals surface area contributed by atoms with Crippen molar-refractivity contribution in [3.05, 3.63) is 0 Å². The number of hydrogen-bond acceptors (Lipinski definition) is 6. The highest BCUT2D eigenvalue weighted by molar-refractivity contribution is 8.16. The fraction of sp³-hybridized carbons (Fsp3) is 0.778. The van der Waals surface area contributed by atoms with Crippen LogP contribution in [-0.4, -0.2) is 42.9 Å². The second-order valence-electron chi connectivity index (χ2n) is 3.71. The zero-order valence-electron chi connectivity index (χ0n) is 11.1. The van der Waals surface area contributed by atoms with Crippen LogP contribution in [0, 0.1) is 0 Å². The van der Waals surface area contributed by atoms with E-state index in [0.717, 1.165) is 4.31 Å². The zero-order chi connectivity index (χ0) is 15.3. The molecule has 112 valence electrons. The van der Waals surface area contributed by atoms with Gasteiger partial charge in [-0.15, -0.1) is 11.8 Å². The van der Waals surface area contributed by atoms with Gasteiger partial charge in [-0.3, -0.25) is 4.84 Å². The molecule has 0 aromatic heterocycles. The normalized spacial score (nSPS) is 13.4. The van der Waals surface area contributed by atoms with Crippen molar-refractivity contribution in [1.29, 1.82) is 0 Å². The number of alkyl halides is 3. The molecule has 0 radical (unpaired) electrons. The minimum Gasteiger partial charge on any atom is -0.296 e. The average molecular weight is 386 g/mol. The number of amides is 1. The van der Waals surface area contributed by atoms with Gasteiger partial charge in [-0.1, -0.05) is 40.0 Å². The third-order valence-corrected chi connectivity index (χ3v) is 5.49. The first-order valence-electron chi connectivity index (χ1n) is 4.91. The van der Waals surface area contributed by atoms with Crippen molar-refractivity contribution < 1.29 is 9.63 Å². The third kappa shape index (κ3) is 8.02.